The van der Waals surface area contributed by atoms with Crippen LogP contribution in [0.5, 0.6) is 0 Å². The van der Waals surface area contributed by atoms with Crippen molar-refractivity contribution >= 4 is 32.6 Å². The van der Waals surface area contributed by atoms with Crippen LogP contribution in [0.2, 0.25) is 0 Å². The molecule has 0 N–H and O–H groups in total. The fourth-order valence-corrected chi connectivity index (χ4v) is 3.19. The lowest BCUT2D eigenvalue weighted by Gasteiger charge is -2.13. The number of fused-ring (bicyclic) bond motifs is 1. The van der Waals surface area contributed by atoms with E-state index in [1.807, 2.05) is 30.3 Å². The number of hydrogen-bond donors (Lipinski definition) is 0. The zero-order valence-corrected chi connectivity index (χ0v) is 15.8. The number of Topliss-reactive ketones (excluding diaryl/α,β-unsaturated/α-hetero) is 1. The van der Waals surface area contributed by atoms with Gasteiger partial charge in [0.25, 0.3) is 5.56 Å². The lowest BCUT2D eigenvalue weighted by Crippen LogP contribution is -2.25. The van der Waals surface area contributed by atoms with E-state index in [1.54, 1.807) is 36.5 Å². The number of benzene rings is 2. The molecular formula is C21H14BrN3O2. The van der Waals surface area contributed by atoms with Gasteiger partial charge in [0.1, 0.15) is 5.82 Å². The summed E-state index contributed by atoms with van der Waals surface area (Å²) in [7, 11) is 0. The van der Waals surface area contributed by atoms with Crippen molar-refractivity contribution in [3.8, 4) is 5.69 Å². The van der Waals surface area contributed by atoms with Crippen LogP contribution < -0.4 is 5.56 Å². The molecule has 132 valence electrons. The van der Waals surface area contributed by atoms with Gasteiger partial charge < -0.3 is 0 Å². The number of carbonyl (C=O) groups excluding carboxylic acids is 1. The third-order valence-corrected chi connectivity index (χ3v) is 4.76. The first kappa shape index (κ1) is 17.3. The highest BCUT2D eigenvalue weighted by Crippen LogP contribution is 2.17. The van der Waals surface area contributed by atoms with Crippen molar-refractivity contribution in [1.29, 1.82) is 0 Å². The van der Waals surface area contributed by atoms with Crippen molar-refractivity contribution in [2.75, 3.05) is 0 Å². The van der Waals surface area contributed by atoms with Crippen LogP contribution in [0.1, 0.15) is 16.2 Å². The molecule has 2 aromatic carbocycles. The fraction of sp³-hybridized carbons (Fsp3) is 0.0476. The number of carbonyl (C=O) groups is 1. The zero-order chi connectivity index (χ0) is 18.8. The third-order valence-electron chi connectivity index (χ3n) is 4.23. The predicted octanol–water partition coefficient (Wildman–Crippen LogP) is 3.97. The summed E-state index contributed by atoms with van der Waals surface area (Å²) in [5.41, 5.74) is 1.53. The van der Waals surface area contributed by atoms with Crippen LogP contribution in [0.3, 0.4) is 0 Å². The molecule has 0 unspecified atom stereocenters. The topological polar surface area (TPSA) is 64.8 Å². The minimum Gasteiger partial charge on any atom is -0.294 e. The molecule has 2 heterocycles. The van der Waals surface area contributed by atoms with E-state index in [4.69, 9.17) is 0 Å². The molecule has 4 aromatic rings. The van der Waals surface area contributed by atoms with Gasteiger partial charge in [0.15, 0.2) is 5.78 Å². The molecule has 0 atom stereocenters. The molecule has 0 bridgehead atoms. The minimum atomic E-state index is -0.197. The van der Waals surface area contributed by atoms with Crippen LogP contribution in [0.15, 0.2) is 82.3 Å². The van der Waals surface area contributed by atoms with Gasteiger partial charge in [-0.05, 0) is 48.5 Å². The molecule has 0 aliphatic carbocycles. The van der Waals surface area contributed by atoms with Crippen molar-refractivity contribution < 1.29 is 4.79 Å². The van der Waals surface area contributed by atoms with Crippen LogP contribution >= 0.6 is 15.9 Å². The van der Waals surface area contributed by atoms with Crippen LogP contribution in [-0.2, 0) is 6.42 Å². The molecule has 0 radical (unpaired) electrons. The summed E-state index contributed by atoms with van der Waals surface area (Å²) in [5.74, 6) is 0.256. The van der Waals surface area contributed by atoms with Gasteiger partial charge in [-0.15, -0.1) is 0 Å². The van der Waals surface area contributed by atoms with Gasteiger partial charge in [0.05, 0.1) is 23.0 Å². The molecule has 0 aliphatic rings. The van der Waals surface area contributed by atoms with Gasteiger partial charge in [-0.1, -0.05) is 28.1 Å². The van der Waals surface area contributed by atoms with E-state index in [2.05, 4.69) is 25.9 Å². The van der Waals surface area contributed by atoms with Gasteiger partial charge in [-0.25, -0.2) is 4.98 Å². The fourth-order valence-electron chi connectivity index (χ4n) is 2.93. The van der Waals surface area contributed by atoms with Crippen molar-refractivity contribution in [2.24, 2.45) is 0 Å². The van der Waals surface area contributed by atoms with Gasteiger partial charge in [0.2, 0.25) is 0 Å². The van der Waals surface area contributed by atoms with Crippen LogP contribution in [0.25, 0.3) is 16.6 Å². The maximum absolute atomic E-state index is 13.1. The van der Waals surface area contributed by atoms with Gasteiger partial charge in [0, 0.05) is 22.4 Å². The normalized spacial score (nSPS) is 10.9. The van der Waals surface area contributed by atoms with Crippen LogP contribution in [0.4, 0.5) is 0 Å². The highest BCUT2D eigenvalue weighted by Gasteiger charge is 2.16. The van der Waals surface area contributed by atoms with E-state index in [0.29, 0.717) is 28.0 Å². The number of halogens is 1. The molecule has 0 aliphatic heterocycles. The first-order valence-corrected chi connectivity index (χ1v) is 9.12. The molecule has 0 saturated heterocycles. The predicted molar refractivity (Wildman–Crippen MR) is 107 cm³/mol. The third kappa shape index (κ3) is 3.44. The number of hydrogen-bond acceptors (Lipinski definition) is 4. The largest absolute Gasteiger partial charge is 0.294 e. The number of pyridine rings is 1. The molecule has 0 saturated carbocycles. The maximum Gasteiger partial charge on any atom is 0.265 e. The number of para-hydroxylation sites is 1. The first-order chi connectivity index (χ1) is 13.1. The Morgan fingerprint density at radius 1 is 1.00 bits per heavy atom. The molecule has 6 heteroatoms. The Kier molecular flexibility index (Phi) is 4.64. The van der Waals surface area contributed by atoms with E-state index < -0.39 is 0 Å². The maximum atomic E-state index is 13.1. The van der Waals surface area contributed by atoms with Crippen molar-refractivity contribution in [2.45, 2.75) is 6.42 Å². The summed E-state index contributed by atoms with van der Waals surface area (Å²) < 4.78 is 2.41. The molecule has 2 aromatic heterocycles. The van der Waals surface area contributed by atoms with Crippen molar-refractivity contribution in [3.05, 3.63) is 99.3 Å². The summed E-state index contributed by atoms with van der Waals surface area (Å²) in [4.78, 5) is 34.4. The lowest BCUT2D eigenvalue weighted by atomic mass is 10.1. The first-order valence-electron chi connectivity index (χ1n) is 8.33. The molecule has 0 spiro atoms. The molecule has 0 fully saturated rings. The second kappa shape index (κ2) is 7.25. The quantitative estimate of drug-likeness (QED) is 0.469. The number of nitrogens with zero attached hydrogens (tertiary/aromatic N) is 3. The summed E-state index contributed by atoms with van der Waals surface area (Å²) in [5, 5.41) is 0.512. The molecule has 4 rings (SSSR count). The Morgan fingerprint density at radius 3 is 2.52 bits per heavy atom. The van der Waals surface area contributed by atoms with E-state index >= 15 is 0 Å². The Balaban J connectivity index is 1.90. The van der Waals surface area contributed by atoms with Crippen LogP contribution in [0, 0.1) is 0 Å². The van der Waals surface area contributed by atoms with Gasteiger partial charge >= 0.3 is 0 Å². The van der Waals surface area contributed by atoms with Crippen molar-refractivity contribution in [1.82, 2.24) is 14.5 Å². The number of aromatic nitrogens is 3. The highest BCUT2D eigenvalue weighted by atomic mass is 79.9. The monoisotopic (exact) mass is 419 g/mol. The Bertz CT molecular complexity index is 1190. The van der Waals surface area contributed by atoms with E-state index in [9.17, 15) is 9.59 Å². The standard InChI is InChI=1S/C21H14BrN3O2/c22-15-7-9-16(10-8-15)25-20(12-19(26)14-4-3-11-23-13-14)24-18-6-2-1-5-17(18)21(25)27/h1-11,13H,12H2. The molecular weight excluding hydrogens is 406 g/mol. The average molecular weight is 420 g/mol. The van der Waals surface area contributed by atoms with Crippen molar-refractivity contribution in [3.63, 3.8) is 0 Å². The summed E-state index contributed by atoms with van der Waals surface area (Å²) in [6, 6.07) is 17.9. The summed E-state index contributed by atoms with van der Waals surface area (Å²) in [6.45, 7) is 0. The average Bonchev–Trinajstić information content (AvgIpc) is 2.70. The molecule has 27 heavy (non-hydrogen) atoms. The highest BCUT2D eigenvalue weighted by molar-refractivity contribution is 9.10. The van der Waals surface area contributed by atoms with Gasteiger partial charge in [-0.2, -0.15) is 0 Å². The summed E-state index contributed by atoms with van der Waals surface area (Å²) in [6.07, 6.45) is 3.14. The zero-order valence-electron chi connectivity index (χ0n) is 14.2. The number of rotatable bonds is 4. The Hall–Kier alpha value is -3.12. The second-order valence-corrected chi connectivity index (χ2v) is 6.92. The summed E-state index contributed by atoms with van der Waals surface area (Å²) >= 11 is 3.40. The number of ketones is 1. The second-order valence-electron chi connectivity index (χ2n) is 6.00. The van der Waals surface area contributed by atoms with Crippen LogP contribution in [-0.4, -0.2) is 20.3 Å². The van der Waals surface area contributed by atoms with E-state index in [-0.39, 0.29) is 17.8 Å². The van der Waals surface area contributed by atoms with E-state index in [0.717, 1.165) is 4.47 Å². The SMILES string of the molecule is O=C(Cc1nc2ccccc2c(=O)n1-c1ccc(Br)cc1)c1cccnc1. The molecule has 0 amide bonds. The van der Waals surface area contributed by atoms with E-state index in [1.165, 1.54) is 10.8 Å². The Labute approximate surface area is 163 Å². The Morgan fingerprint density at radius 2 is 1.78 bits per heavy atom. The smallest absolute Gasteiger partial charge is 0.265 e. The lowest BCUT2D eigenvalue weighted by molar-refractivity contribution is 0.0990. The minimum absolute atomic E-state index is 0.00182. The molecule has 5 nitrogen and oxygen atoms in total. The van der Waals surface area contributed by atoms with Gasteiger partial charge in [-0.3, -0.25) is 19.1 Å².